The van der Waals surface area contributed by atoms with Crippen LogP contribution in [0.2, 0.25) is 0 Å². The molecule has 2 N–H and O–H groups in total. The van der Waals surface area contributed by atoms with Crippen molar-refractivity contribution in [3.05, 3.63) is 0 Å². The van der Waals surface area contributed by atoms with Crippen molar-refractivity contribution >= 4 is 17.8 Å². The van der Waals surface area contributed by atoms with Crippen molar-refractivity contribution in [2.45, 2.75) is 6.42 Å². The van der Waals surface area contributed by atoms with Gasteiger partial charge >= 0.3 is 17.8 Å². The molecule has 72 valence electrons. The summed E-state index contributed by atoms with van der Waals surface area (Å²) in [5.41, 5.74) is 0. The smallest absolute Gasteiger partial charge is 0.311 e. The summed E-state index contributed by atoms with van der Waals surface area (Å²) in [6, 6.07) is 0. The van der Waals surface area contributed by atoms with Gasteiger partial charge in [0.15, 0.2) is 0 Å². The molecule has 0 radical (unpaired) electrons. The zero-order valence-electron chi connectivity index (χ0n) is 6.95. The number of carboxylic acids is 1. The molecule has 2 amide bonds. The first-order chi connectivity index (χ1) is 6.11. The van der Waals surface area contributed by atoms with E-state index in [1.165, 1.54) is 4.90 Å². The fourth-order valence-electron chi connectivity index (χ4n) is 1.07. The topological polar surface area (TPSA) is 86.7 Å². The molecular weight excluding hydrogens is 176 g/mol. The second-order valence-electron chi connectivity index (χ2n) is 2.69. The third-order valence-electron chi connectivity index (χ3n) is 1.74. The number of carboxylic acid groups (broad SMARTS) is 1. The van der Waals surface area contributed by atoms with E-state index in [9.17, 15) is 14.4 Å². The van der Waals surface area contributed by atoms with Crippen LogP contribution in [-0.4, -0.2) is 47.4 Å². The van der Waals surface area contributed by atoms with Crippen molar-refractivity contribution in [2.24, 2.45) is 0 Å². The number of rotatable bonds is 3. The van der Waals surface area contributed by atoms with Gasteiger partial charge in [0.1, 0.15) is 0 Å². The van der Waals surface area contributed by atoms with Crippen molar-refractivity contribution < 1.29 is 19.5 Å². The van der Waals surface area contributed by atoms with Gasteiger partial charge in [-0.15, -0.1) is 0 Å². The van der Waals surface area contributed by atoms with Crippen LogP contribution in [-0.2, 0) is 14.4 Å². The lowest BCUT2D eigenvalue weighted by atomic mass is 10.3. The molecule has 6 nitrogen and oxygen atoms in total. The van der Waals surface area contributed by atoms with E-state index in [2.05, 4.69) is 5.32 Å². The maximum Gasteiger partial charge on any atom is 0.311 e. The second kappa shape index (κ2) is 3.88. The van der Waals surface area contributed by atoms with E-state index >= 15 is 0 Å². The normalized spacial score (nSPS) is 17.1. The van der Waals surface area contributed by atoms with Crippen LogP contribution >= 0.6 is 0 Å². The standard InChI is InChI=1S/C7H10N2O4/c10-5(11)1-3-9-4-2-8-6(12)7(9)13/h1-4H2,(H,8,12)(H,10,11). The Morgan fingerprint density at radius 1 is 1.54 bits per heavy atom. The Balaban J connectivity index is 2.44. The highest BCUT2D eigenvalue weighted by atomic mass is 16.4. The largest absolute Gasteiger partial charge is 0.481 e. The van der Waals surface area contributed by atoms with Crippen LogP contribution in [0.5, 0.6) is 0 Å². The van der Waals surface area contributed by atoms with E-state index in [0.717, 1.165) is 0 Å². The Bertz CT molecular complexity index is 251. The predicted molar refractivity (Wildman–Crippen MR) is 41.8 cm³/mol. The maximum absolute atomic E-state index is 11.1. The summed E-state index contributed by atoms with van der Waals surface area (Å²) in [4.78, 5) is 33.3. The minimum Gasteiger partial charge on any atom is -0.481 e. The number of hydrogen-bond acceptors (Lipinski definition) is 3. The molecule has 0 aliphatic carbocycles. The van der Waals surface area contributed by atoms with E-state index in [1.54, 1.807) is 0 Å². The number of piperazine rings is 1. The molecule has 0 saturated carbocycles. The molecule has 0 aromatic heterocycles. The van der Waals surface area contributed by atoms with Gasteiger partial charge < -0.3 is 15.3 Å². The van der Waals surface area contributed by atoms with Crippen molar-refractivity contribution in [1.82, 2.24) is 10.2 Å². The fraction of sp³-hybridized carbons (Fsp3) is 0.571. The van der Waals surface area contributed by atoms with Crippen LogP contribution in [0.3, 0.4) is 0 Å². The van der Waals surface area contributed by atoms with Crippen LogP contribution in [0.15, 0.2) is 0 Å². The van der Waals surface area contributed by atoms with Gasteiger partial charge in [-0.05, 0) is 0 Å². The summed E-state index contributed by atoms with van der Waals surface area (Å²) in [5.74, 6) is -2.28. The lowest BCUT2D eigenvalue weighted by Gasteiger charge is -2.25. The molecule has 1 aliphatic heterocycles. The van der Waals surface area contributed by atoms with Gasteiger partial charge in [-0.2, -0.15) is 0 Å². The second-order valence-corrected chi connectivity index (χ2v) is 2.69. The molecule has 6 heteroatoms. The van der Waals surface area contributed by atoms with Crippen molar-refractivity contribution in [3.63, 3.8) is 0 Å². The number of carbonyl (C=O) groups is 3. The molecule has 1 saturated heterocycles. The molecule has 1 heterocycles. The molecule has 0 aromatic rings. The summed E-state index contributed by atoms with van der Waals surface area (Å²) in [6.45, 7) is 0.879. The lowest BCUT2D eigenvalue weighted by molar-refractivity contribution is -0.149. The Kier molecular flexibility index (Phi) is 2.84. The first kappa shape index (κ1) is 9.50. The van der Waals surface area contributed by atoms with Crippen LogP contribution in [0.25, 0.3) is 0 Å². The Labute approximate surface area is 74.5 Å². The minimum atomic E-state index is -0.973. The number of nitrogens with one attached hydrogen (secondary N) is 1. The van der Waals surface area contributed by atoms with Gasteiger partial charge in [0.2, 0.25) is 0 Å². The summed E-state index contributed by atoms with van der Waals surface area (Å²) >= 11 is 0. The molecule has 1 fully saturated rings. The van der Waals surface area contributed by atoms with E-state index in [0.29, 0.717) is 13.1 Å². The average molecular weight is 186 g/mol. The highest BCUT2D eigenvalue weighted by Gasteiger charge is 2.25. The third kappa shape index (κ3) is 2.43. The molecule has 0 bridgehead atoms. The predicted octanol–water partition coefficient (Wildman–Crippen LogP) is -1.58. The molecule has 0 unspecified atom stereocenters. The molecule has 0 spiro atoms. The van der Waals surface area contributed by atoms with Crippen molar-refractivity contribution in [1.29, 1.82) is 0 Å². The van der Waals surface area contributed by atoms with Gasteiger partial charge in [0.25, 0.3) is 0 Å². The fourth-order valence-corrected chi connectivity index (χ4v) is 1.07. The van der Waals surface area contributed by atoms with Gasteiger partial charge in [-0.1, -0.05) is 0 Å². The number of nitrogens with zero attached hydrogens (tertiary/aromatic N) is 1. The number of hydrogen-bond donors (Lipinski definition) is 2. The highest BCUT2D eigenvalue weighted by molar-refractivity contribution is 6.35. The van der Waals surface area contributed by atoms with E-state index in [1.807, 2.05) is 0 Å². The van der Waals surface area contributed by atoms with Gasteiger partial charge in [-0.3, -0.25) is 14.4 Å². The molecule has 0 aromatic carbocycles. The Morgan fingerprint density at radius 3 is 2.85 bits per heavy atom. The van der Waals surface area contributed by atoms with Gasteiger partial charge in [-0.25, -0.2) is 0 Å². The SMILES string of the molecule is O=C(O)CCN1CCNC(=O)C1=O. The molecule has 13 heavy (non-hydrogen) atoms. The number of carbonyl (C=O) groups excluding carboxylic acids is 2. The lowest BCUT2D eigenvalue weighted by Crippen LogP contribution is -2.52. The molecule has 0 atom stereocenters. The molecule has 1 rings (SSSR count). The quantitative estimate of drug-likeness (QED) is 0.521. The zero-order valence-corrected chi connectivity index (χ0v) is 6.95. The van der Waals surface area contributed by atoms with Crippen LogP contribution in [0.1, 0.15) is 6.42 Å². The first-order valence-corrected chi connectivity index (χ1v) is 3.90. The van der Waals surface area contributed by atoms with Gasteiger partial charge in [0, 0.05) is 19.6 Å². The maximum atomic E-state index is 11.1. The Hall–Kier alpha value is -1.59. The summed E-state index contributed by atoms with van der Waals surface area (Å²) in [5, 5.41) is 10.7. The molecular formula is C7H10N2O4. The zero-order chi connectivity index (χ0) is 9.84. The average Bonchev–Trinajstić information content (AvgIpc) is 2.07. The summed E-state index contributed by atoms with van der Waals surface area (Å²) in [7, 11) is 0. The van der Waals surface area contributed by atoms with E-state index in [-0.39, 0.29) is 13.0 Å². The van der Waals surface area contributed by atoms with Crippen molar-refractivity contribution in [2.75, 3.05) is 19.6 Å². The van der Waals surface area contributed by atoms with E-state index in [4.69, 9.17) is 5.11 Å². The van der Waals surface area contributed by atoms with E-state index < -0.39 is 17.8 Å². The Morgan fingerprint density at radius 2 is 2.23 bits per heavy atom. The molecule has 1 aliphatic rings. The highest BCUT2D eigenvalue weighted by Crippen LogP contribution is 1.97. The van der Waals surface area contributed by atoms with Crippen molar-refractivity contribution in [3.8, 4) is 0 Å². The van der Waals surface area contributed by atoms with Crippen LogP contribution < -0.4 is 5.32 Å². The summed E-state index contributed by atoms with van der Waals surface area (Å²) in [6.07, 6.45) is -0.126. The monoisotopic (exact) mass is 186 g/mol. The minimum absolute atomic E-state index is 0.0988. The third-order valence-corrected chi connectivity index (χ3v) is 1.74. The number of aliphatic carboxylic acids is 1. The van der Waals surface area contributed by atoms with Crippen LogP contribution in [0.4, 0.5) is 0 Å². The van der Waals surface area contributed by atoms with Gasteiger partial charge in [0.05, 0.1) is 6.42 Å². The van der Waals surface area contributed by atoms with Crippen LogP contribution in [0, 0.1) is 0 Å². The number of amides is 2. The first-order valence-electron chi connectivity index (χ1n) is 3.90. The summed E-state index contributed by atoms with van der Waals surface area (Å²) < 4.78 is 0.